The highest BCUT2D eigenvalue weighted by Gasteiger charge is 2.16. The molecule has 0 N–H and O–H groups in total. The van der Waals surface area contributed by atoms with E-state index in [4.69, 9.17) is 0 Å². The van der Waals surface area contributed by atoms with E-state index in [1.54, 1.807) is 24.3 Å². The van der Waals surface area contributed by atoms with E-state index in [-0.39, 0.29) is 17.4 Å². The molecule has 0 aliphatic heterocycles. The lowest BCUT2D eigenvalue weighted by molar-refractivity contribution is 0.104. The van der Waals surface area contributed by atoms with Gasteiger partial charge in [0.15, 0.2) is 0 Å². The standard InChI is InChI=1S/C17H8F2OS2/c18-11-1-3-13-9(5-11)7-15(21-13)17(20)16-8-10-6-12(19)2-4-14(10)22-16/h1-8H. The first-order valence-corrected chi connectivity index (χ1v) is 8.16. The molecule has 0 saturated heterocycles. The molecule has 0 aliphatic carbocycles. The van der Waals surface area contributed by atoms with Crippen molar-refractivity contribution in [1.82, 2.24) is 0 Å². The third kappa shape index (κ3) is 2.23. The molecule has 108 valence electrons. The number of carbonyl (C=O) groups is 1. The van der Waals surface area contributed by atoms with Crippen molar-refractivity contribution in [2.45, 2.75) is 0 Å². The fourth-order valence-electron chi connectivity index (χ4n) is 2.37. The van der Waals surface area contributed by atoms with Crippen molar-refractivity contribution < 1.29 is 13.6 Å². The smallest absolute Gasteiger partial charge is 0.212 e. The minimum Gasteiger partial charge on any atom is -0.287 e. The molecule has 2 aromatic carbocycles. The lowest BCUT2D eigenvalue weighted by Crippen LogP contribution is -1.93. The Kier molecular flexibility index (Phi) is 3.06. The fourth-order valence-corrected chi connectivity index (χ4v) is 4.43. The Labute approximate surface area is 132 Å². The van der Waals surface area contributed by atoms with Crippen molar-refractivity contribution in [1.29, 1.82) is 0 Å². The number of benzene rings is 2. The Bertz CT molecular complexity index is 948. The lowest BCUT2D eigenvalue weighted by Gasteiger charge is -1.90. The molecule has 0 fully saturated rings. The second-order valence-electron chi connectivity index (χ2n) is 4.91. The van der Waals surface area contributed by atoms with Crippen LogP contribution in [0.4, 0.5) is 8.78 Å². The van der Waals surface area contributed by atoms with E-state index in [2.05, 4.69) is 0 Å². The van der Waals surface area contributed by atoms with E-state index in [0.717, 1.165) is 20.2 Å². The average Bonchev–Trinajstić information content (AvgIpc) is 3.08. The summed E-state index contributed by atoms with van der Waals surface area (Å²) in [6.07, 6.45) is 0. The van der Waals surface area contributed by atoms with Crippen molar-refractivity contribution in [2.24, 2.45) is 0 Å². The summed E-state index contributed by atoms with van der Waals surface area (Å²) in [6.45, 7) is 0. The van der Waals surface area contributed by atoms with Crippen LogP contribution in [0.2, 0.25) is 0 Å². The Hall–Kier alpha value is -2.11. The Morgan fingerprint density at radius 1 is 0.727 bits per heavy atom. The fraction of sp³-hybridized carbons (Fsp3) is 0. The van der Waals surface area contributed by atoms with Gasteiger partial charge >= 0.3 is 0 Å². The number of carbonyl (C=O) groups excluding carboxylic acids is 1. The first-order chi connectivity index (χ1) is 10.6. The van der Waals surface area contributed by atoms with Crippen LogP contribution in [0, 0.1) is 11.6 Å². The molecule has 0 atom stereocenters. The second kappa shape index (κ2) is 4.97. The molecule has 4 aromatic rings. The molecule has 0 unspecified atom stereocenters. The molecule has 0 amide bonds. The molecule has 0 radical (unpaired) electrons. The normalized spacial score (nSPS) is 11.4. The summed E-state index contributed by atoms with van der Waals surface area (Å²) in [5.41, 5.74) is 0. The van der Waals surface area contributed by atoms with Gasteiger partial charge in [0.1, 0.15) is 11.6 Å². The Balaban J connectivity index is 1.80. The van der Waals surface area contributed by atoms with Gasteiger partial charge in [0.05, 0.1) is 9.75 Å². The van der Waals surface area contributed by atoms with Crippen LogP contribution >= 0.6 is 22.7 Å². The van der Waals surface area contributed by atoms with Gasteiger partial charge in [-0.3, -0.25) is 4.79 Å². The molecule has 1 nitrogen and oxygen atoms in total. The van der Waals surface area contributed by atoms with Crippen molar-refractivity contribution in [3.05, 3.63) is 69.9 Å². The molecular formula is C17H8F2OS2. The predicted octanol–water partition coefficient (Wildman–Crippen LogP) is 5.63. The van der Waals surface area contributed by atoms with Crippen molar-refractivity contribution in [3.8, 4) is 0 Å². The van der Waals surface area contributed by atoms with Gasteiger partial charge in [0, 0.05) is 9.40 Å². The number of halogens is 2. The van der Waals surface area contributed by atoms with Gasteiger partial charge in [0.2, 0.25) is 5.78 Å². The predicted molar refractivity (Wildman–Crippen MR) is 87.0 cm³/mol. The molecule has 0 saturated carbocycles. The van der Waals surface area contributed by atoms with Crippen LogP contribution < -0.4 is 0 Å². The maximum absolute atomic E-state index is 13.2. The number of hydrogen-bond acceptors (Lipinski definition) is 3. The van der Waals surface area contributed by atoms with Gasteiger partial charge < -0.3 is 0 Å². The van der Waals surface area contributed by atoms with Crippen LogP contribution in [0.15, 0.2) is 48.5 Å². The van der Waals surface area contributed by atoms with E-state index in [9.17, 15) is 13.6 Å². The van der Waals surface area contributed by atoms with Gasteiger partial charge in [-0.15, -0.1) is 22.7 Å². The van der Waals surface area contributed by atoms with E-state index < -0.39 is 0 Å². The van der Waals surface area contributed by atoms with Gasteiger partial charge in [-0.25, -0.2) is 8.78 Å². The zero-order chi connectivity index (χ0) is 15.3. The summed E-state index contributed by atoms with van der Waals surface area (Å²) in [6, 6.07) is 12.4. The molecule has 2 aromatic heterocycles. The van der Waals surface area contributed by atoms with E-state index in [1.807, 2.05) is 0 Å². The van der Waals surface area contributed by atoms with Crippen LogP contribution in [0.25, 0.3) is 20.2 Å². The molecule has 0 spiro atoms. The summed E-state index contributed by atoms with van der Waals surface area (Å²) in [7, 11) is 0. The minimum absolute atomic E-state index is 0.108. The summed E-state index contributed by atoms with van der Waals surface area (Å²) in [4.78, 5) is 13.7. The number of ketones is 1. The number of hydrogen-bond donors (Lipinski definition) is 0. The highest BCUT2D eigenvalue weighted by Crippen LogP contribution is 2.32. The number of thiophene rings is 2. The van der Waals surface area contributed by atoms with Gasteiger partial charge in [-0.1, -0.05) is 0 Å². The first-order valence-electron chi connectivity index (χ1n) is 6.53. The number of rotatable bonds is 2. The van der Waals surface area contributed by atoms with Crippen LogP contribution in [-0.4, -0.2) is 5.78 Å². The zero-order valence-corrected chi connectivity index (χ0v) is 12.7. The molecule has 0 aliphatic rings. The number of fused-ring (bicyclic) bond motifs is 2. The van der Waals surface area contributed by atoms with Crippen molar-refractivity contribution in [2.75, 3.05) is 0 Å². The highest BCUT2D eigenvalue weighted by atomic mass is 32.1. The Morgan fingerprint density at radius 3 is 1.64 bits per heavy atom. The third-order valence-corrected chi connectivity index (χ3v) is 5.63. The van der Waals surface area contributed by atoms with E-state index in [1.165, 1.54) is 46.9 Å². The third-order valence-electron chi connectivity index (χ3n) is 3.40. The quantitative estimate of drug-likeness (QED) is 0.436. The Morgan fingerprint density at radius 2 is 1.18 bits per heavy atom. The highest BCUT2D eigenvalue weighted by molar-refractivity contribution is 7.24. The average molecular weight is 330 g/mol. The van der Waals surface area contributed by atoms with Gasteiger partial charge in [-0.2, -0.15) is 0 Å². The maximum atomic E-state index is 13.2. The molecule has 2 heterocycles. The SMILES string of the molecule is O=C(c1cc2cc(F)ccc2s1)c1cc2cc(F)ccc2s1. The lowest BCUT2D eigenvalue weighted by atomic mass is 10.2. The van der Waals surface area contributed by atoms with Gasteiger partial charge in [-0.05, 0) is 59.3 Å². The summed E-state index contributed by atoms with van der Waals surface area (Å²) >= 11 is 2.68. The van der Waals surface area contributed by atoms with Gasteiger partial charge in [0.25, 0.3) is 0 Å². The minimum atomic E-state index is -0.318. The van der Waals surface area contributed by atoms with Crippen molar-refractivity contribution >= 4 is 48.6 Å². The zero-order valence-electron chi connectivity index (χ0n) is 11.1. The van der Waals surface area contributed by atoms with Crippen LogP contribution in [0.3, 0.4) is 0 Å². The molecular weight excluding hydrogens is 322 g/mol. The van der Waals surface area contributed by atoms with E-state index in [0.29, 0.717) is 9.75 Å². The molecule has 0 bridgehead atoms. The molecule has 4 rings (SSSR count). The summed E-state index contributed by atoms with van der Waals surface area (Å²) in [5, 5.41) is 1.45. The first kappa shape index (κ1) is 13.5. The second-order valence-corrected chi connectivity index (χ2v) is 7.08. The van der Waals surface area contributed by atoms with E-state index >= 15 is 0 Å². The van der Waals surface area contributed by atoms with Crippen molar-refractivity contribution in [3.63, 3.8) is 0 Å². The van der Waals surface area contributed by atoms with Crippen LogP contribution in [0.1, 0.15) is 14.5 Å². The largest absolute Gasteiger partial charge is 0.287 e. The maximum Gasteiger partial charge on any atom is 0.212 e. The van der Waals surface area contributed by atoms with Crippen LogP contribution in [-0.2, 0) is 0 Å². The molecule has 22 heavy (non-hydrogen) atoms. The monoisotopic (exact) mass is 330 g/mol. The molecule has 5 heteroatoms. The summed E-state index contributed by atoms with van der Waals surface area (Å²) in [5.74, 6) is -0.744. The van der Waals surface area contributed by atoms with Crippen LogP contribution in [0.5, 0.6) is 0 Å². The topological polar surface area (TPSA) is 17.1 Å². The summed E-state index contributed by atoms with van der Waals surface area (Å²) < 4.78 is 28.2.